The third kappa shape index (κ3) is 4.30. The number of ether oxygens (including phenoxy) is 1. The van der Waals surface area contributed by atoms with Crippen molar-refractivity contribution in [2.45, 2.75) is 30.7 Å². The number of carbonyl (C=O) groups excluding carboxylic acids is 2. The molecule has 14 heteroatoms. The molecule has 0 radical (unpaired) electrons. The number of hydrogen-bond donors (Lipinski definition) is 0. The molecule has 0 aliphatic heterocycles. The van der Waals surface area contributed by atoms with E-state index < -0.39 is 53.0 Å². The minimum absolute atomic E-state index is 0.376. The van der Waals surface area contributed by atoms with Gasteiger partial charge in [-0.25, -0.2) is 0 Å². The summed E-state index contributed by atoms with van der Waals surface area (Å²) >= 11 is 0. The highest BCUT2D eigenvalue weighted by Crippen LogP contribution is 2.41. The van der Waals surface area contributed by atoms with Crippen LogP contribution in [-0.2, 0) is 16.1 Å². The summed E-state index contributed by atoms with van der Waals surface area (Å²) in [6.45, 7) is -1.76. The minimum Gasteiger partial charge on any atom is -0.496 e. The van der Waals surface area contributed by atoms with Crippen LogP contribution in [0.15, 0.2) is 24.3 Å². The molecule has 2 amide bonds. The summed E-state index contributed by atoms with van der Waals surface area (Å²) in [5, 5.41) is 0. The molecule has 0 saturated carbocycles. The zero-order valence-electron chi connectivity index (χ0n) is 13.5. The van der Waals surface area contributed by atoms with Crippen molar-refractivity contribution in [3.05, 3.63) is 29.8 Å². The third-order valence-electron chi connectivity index (χ3n) is 3.26. The van der Waals surface area contributed by atoms with Crippen molar-refractivity contribution in [1.82, 2.24) is 4.90 Å². The van der Waals surface area contributed by atoms with Crippen LogP contribution in [0.25, 0.3) is 0 Å². The van der Waals surface area contributed by atoms with Crippen molar-refractivity contribution in [1.29, 1.82) is 0 Å². The molecule has 158 valence electrons. The molecule has 0 aliphatic rings. The predicted octanol–water partition coefficient (Wildman–Crippen LogP) is 3.95. The van der Waals surface area contributed by atoms with Gasteiger partial charge >= 0.3 is 36.0 Å². The number of hydrogen-bond acceptors (Lipinski definition) is 3. The lowest BCUT2D eigenvalue weighted by atomic mass is 10.1. The van der Waals surface area contributed by atoms with Crippen molar-refractivity contribution in [2.75, 3.05) is 7.11 Å². The first kappa shape index (κ1) is 23.5. The first-order chi connectivity index (χ1) is 12.5. The van der Waals surface area contributed by atoms with Gasteiger partial charge in [0, 0.05) is 5.56 Å². The number of rotatable bonds is 5. The quantitative estimate of drug-likeness (QED) is 0.667. The van der Waals surface area contributed by atoms with Crippen molar-refractivity contribution in [2.24, 2.45) is 0 Å². The van der Waals surface area contributed by atoms with Gasteiger partial charge in [-0.1, -0.05) is 18.2 Å². The van der Waals surface area contributed by atoms with Crippen molar-refractivity contribution >= 4 is 11.8 Å². The van der Waals surface area contributed by atoms with Crippen LogP contribution in [0.1, 0.15) is 5.56 Å². The van der Waals surface area contributed by atoms with Crippen LogP contribution in [0.5, 0.6) is 5.75 Å². The Labute approximate surface area is 149 Å². The summed E-state index contributed by atoms with van der Waals surface area (Å²) in [4.78, 5) is 21.5. The second-order valence-electron chi connectivity index (χ2n) is 5.15. The van der Waals surface area contributed by atoms with E-state index >= 15 is 0 Å². The second-order valence-corrected chi connectivity index (χ2v) is 5.15. The first-order valence-corrected chi connectivity index (χ1v) is 6.85. The minimum atomic E-state index is -6.66. The summed E-state index contributed by atoms with van der Waals surface area (Å²) in [5.74, 6) is -20.4. The molecule has 0 N–H and O–H groups in total. The molecule has 0 saturated heterocycles. The molecule has 0 spiro atoms. The Balaban J connectivity index is 3.52. The van der Waals surface area contributed by atoms with Gasteiger partial charge < -0.3 is 4.74 Å². The van der Waals surface area contributed by atoms with E-state index in [1.54, 1.807) is 0 Å². The molecular formula is C14H9F10NO3. The molecule has 0 atom stereocenters. The lowest BCUT2D eigenvalue weighted by Gasteiger charge is -2.30. The summed E-state index contributed by atoms with van der Waals surface area (Å²) in [6.07, 6.45) is -13.3. The Kier molecular flexibility index (Phi) is 6.27. The van der Waals surface area contributed by atoms with Gasteiger partial charge in [0.05, 0.1) is 13.7 Å². The molecule has 0 aromatic heterocycles. The van der Waals surface area contributed by atoms with Gasteiger partial charge in [0.2, 0.25) is 0 Å². The van der Waals surface area contributed by atoms with Gasteiger partial charge in [0.15, 0.2) is 0 Å². The molecule has 0 fully saturated rings. The molecule has 0 unspecified atom stereocenters. The molecule has 0 bridgehead atoms. The topological polar surface area (TPSA) is 46.6 Å². The number of imide groups is 1. The molecule has 1 rings (SSSR count). The Hall–Kier alpha value is -2.54. The standard InChI is InChI=1S/C14H9F10NO3/c1-28-8-5-3-2-4-7(8)6-25(9(26)11(15,16)13(19,20)21)10(27)12(17,18)14(22,23)24/h2-5H,6H2,1H3. The molecular weight excluding hydrogens is 420 g/mol. The molecule has 0 heterocycles. The lowest BCUT2D eigenvalue weighted by Crippen LogP contribution is -2.59. The van der Waals surface area contributed by atoms with Crippen molar-refractivity contribution < 1.29 is 58.2 Å². The van der Waals surface area contributed by atoms with Gasteiger partial charge in [-0.3, -0.25) is 14.5 Å². The maximum atomic E-state index is 13.3. The smallest absolute Gasteiger partial charge is 0.463 e. The van der Waals surface area contributed by atoms with E-state index in [0.29, 0.717) is 0 Å². The highest BCUT2D eigenvalue weighted by molar-refractivity contribution is 6.02. The van der Waals surface area contributed by atoms with E-state index in [1.165, 1.54) is 6.07 Å². The summed E-state index contributed by atoms with van der Waals surface area (Å²) in [6, 6.07) is 4.19. The summed E-state index contributed by atoms with van der Waals surface area (Å²) < 4.78 is 132. The second kappa shape index (κ2) is 7.47. The van der Waals surface area contributed by atoms with Crippen LogP contribution < -0.4 is 4.74 Å². The highest BCUT2D eigenvalue weighted by atomic mass is 19.4. The Morgan fingerprint density at radius 2 is 1.21 bits per heavy atom. The average Bonchev–Trinajstić information content (AvgIpc) is 2.56. The van der Waals surface area contributed by atoms with Crippen LogP contribution in [0.2, 0.25) is 0 Å². The number of alkyl halides is 10. The van der Waals surface area contributed by atoms with E-state index in [-0.39, 0.29) is 5.75 Å². The Morgan fingerprint density at radius 3 is 1.57 bits per heavy atom. The van der Waals surface area contributed by atoms with E-state index in [4.69, 9.17) is 0 Å². The molecule has 4 nitrogen and oxygen atoms in total. The first-order valence-electron chi connectivity index (χ1n) is 6.85. The van der Waals surface area contributed by atoms with Gasteiger partial charge in [0.1, 0.15) is 5.75 Å². The number of carbonyl (C=O) groups is 2. The largest absolute Gasteiger partial charge is 0.496 e. The van der Waals surface area contributed by atoms with E-state index in [0.717, 1.165) is 25.3 Å². The average molecular weight is 429 g/mol. The SMILES string of the molecule is COc1ccccc1CN(C(=O)C(F)(F)C(F)(F)F)C(=O)C(F)(F)C(F)(F)F. The van der Waals surface area contributed by atoms with E-state index in [2.05, 4.69) is 4.74 Å². The maximum absolute atomic E-state index is 13.3. The number of nitrogens with zero attached hydrogens (tertiary/aromatic N) is 1. The van der Waals surface area contributed by atoms with Crippen LogP contribution >= 0.6 is 0 Å². The number of halogens is 10. The number of methoxy groups -OCH3 is 1. The van der Waals surface area contributed by atoms with Crippen LogP contribution in [0, 0.1) is 0 Å². The monoisotopic (exact) mass is 429 g/mol. The predicted molar refractivity (Wildman–Crippen MR) is 70.6 cm³/mol. The summed E-state index contributed by atoms with van der Waals surface area (Å²) in [7, 11) is 0.946. The molecule has 28 heavy (non-hydrogen) atoms. The molecule has 1 aromatic rings. The van der Waals surface area contributed by atoms with Gasteiger partial charge in [0.25, 0.3) is 0 Å². The Morgan fingerprint density at radius 1 is 0.821 bits per heavy atom. The third-order valence-corrected chi connectivity index (χ3v) is 3.26. The lowest BCUT2D eigenvalue weighted by molar-refractivity contribution is -0.283. The van der Waals surface area contributed by atoms with Crippen LogP contribution in [0.4, 0.5) is 43.9 Å². The highest BCUT2D eigenvalue weighted by Gasteiger charge is 2.70. The van der Waals surface area contributed by atoms with Crippen LogP contribution in [0.3, 0.4) is 0 Å². The Bertz CT molecular complexity index is 704. The van der Waals surface area contributed by atoms with Gasteiger partial charge in [-0.2, -0.15) is 43.9 Å². The van der Waals surface area contributed by atoms with Crippen LogP contribution in [-0.4, -0.2) is 48.0 Å². The van der Waals surface area contributed by atoms with Crippen molar-refractivity contribution in [3.8, 4) is 5.75 Å². The number of para-hydroxylation sites is 1. The fourth-order valence-electron chi connectivity index (χ4n) is 1.82. The van der Waals surface area contributed by atoms with Gasteiger partial charge in [-0.05, 0) is 6.07 Å². The maximum Gasteiger partial charge on any atom is 0.463 e. The van der Waals surface area contributed by atoms with Gasteiger partial charge in [-0.15, -0.1) is 0 Å². The zero-order valence-corrected chi connectivity index (χ0v) is 13.5. The number of benzene rings is 1. The normalized spacial score (nSPS) is 13.2. The number of amides is 2. The fraction of sp³-hybridized carbons (Fsp3) is 0.429. The molecule has 0 aliphatic carbocycles. The van der Waals surface area contributed by atoms with E-state index in [9.17, 15) is 53.5 Å². The summed E-state index contributed by atoms with van der Waals surface area (Å²) in [5.41, 5.74) is -0.581. The van der Waals surface area contributed by atoms with Crippen molar-refractivity contribution in [3.63, 3.8) is 0 Å². The fourth-order valence-corrected chi connectivity index (χ4v) is 1.82. The molecule has 1 aromatic carbocycles. The zero-order chi connectivity index (χ0) is 22.1. The van der Waals surface area contributed by atoms with E-state index in [1.807, 2.05) is 0 Å².